The van der Waals surface area contributed by atoms with Crippen LogP contribution < -0.4 is 10.2 Å². The molecule has 7 nitrogen and oxygen atoms in total. The highest BCUT2D eigenvalue weighted by Crippen LogP contribution is 2.39. The Kier molecular flexibility index (Phi) is 6.09. The van der Waals surface area contributed by atoms with Gasteiger partial charge >= 0.3 is 0 Å². The Hall–Kier alpha value is -2.71. The number of aryl methyl sites for hydroxylation is 1. The SMILES string of the molecule is Cc1ccc(CNC(=O)CN(C)S(=O)(=O)c2ccc3c(c2)CC(C)N3C(=O)C2CC2)cc1. The maximum absolute atomic E-state index is 13.1. The molecule has 1 aliphatic heterocycles. The second-order valence-electron chi connectivity index (χ2n) is 8.85. The van der Waals surface area contributed by atoms with Gasteiger partial charge in [0.05, 0.1) is 11.4 Å². The van der Waals surface area contributed by atoms with Crippen molar-refractivity contribution < 1.29 is 18.0 Å². The Morgan fingerprint density at radius 1 is 1.12 bits per heavy atom. The fourth-order valence-electron chi connectivity index (χ4n) is 4.06. The summed E-state index contributed by atoms with van der Waals surface area (Å²) in [7, 11) is -2.43. The number of rotatable bonds is 7. The molecule has 0 aromatic heterocycles. The van der Waals surface area contributed by atoms with Gasteiger partial charge in [0.25, 0.3) is 0 Å². The van der Waals surface area contributed by atoms with Crippen LogP contribution in [0, 0.1) is 12.8 Å². The molecule has 1 heterocycles. The van der Waals surface area contributed by atoms with Gasteiger partial charge in [0.15, 0.2) is 0 Å². The van der Waals surface area contributed by atoms with E-state index in [9.17, 15) is 18.0 Å². The van der Waals surface area contributed by atoms with Gasteiger partial charge in [0.2, 0.25) is 21.8 Å². The smallest absolute Gasteiger partial charge is 0.243 e. The lowest BCUT2D eigenvalue weighted by molar-refractivity contribution is -0.121. The molecule has 170 valence electrons. The standard InChI is InChI=1S/C24H29N3O4S/c1-16-4-6-18(7-5-16)14-25-23(28)15-26(3)32(30,31)21-10-11-22-20(13-21)12-17(2)27(22)24(29)19-8-9-19/h4-7,10-11,13,17,19H,8-9,12,14-15H2,1-3H3,(H,25,28). The third-order valence-electron chi connectivity index (χ3n) is 6.12. The number of hydrogen-bond acceptors (Lipinski definition) is 4. The number of hydrogen-bond donors (Lipinski definition) is 1. The first-order valence-electron chi connectivity index (χ1n) is 10.9. The van der Waals surface area contributed by atoms with Crippen LogP contribution in [-0.2, 0) is 32.6 Å². The molecule has 1 N–H and O–H groups in total. The van der Waals surface area contributed by atoms with Gasteiger partial charge in [-0.25, -0.2) is 8.42 Å². The summed E-state index contributed by atoms with van der Waals surface area (Å²) >= 11 is 0. The molecule has 32 heavy (non-hydrogen) atoms. The van der Waals surface area contributed by atoms with Crippen molar-refractivity contribution in [3.63, 3.8) is 0 Å². The first kappa shape index (κ1) is 22.5. The number of fused-ring (bicyclic) bond motifs is 1. The van der Waals surface area contributed by atoms with Crippen molar-refractivity contribution in [2.45, 2.75) is 50.6 Å². The number of sulfonamides is 1. The van der Waals surface area contributed by atoms with E-state index in [4.69, 9.17) is 0 Å². The summed E-state index contributed by atoms with van der Waals surface area (Å²) in [5, 5.41) is 2.77. The van der Waals surface area contributed by atoms with Crippen molar-refractivity contribution in [3.05, 3.63) is 59.2 Å². The maximum Gasteiger partial charge on any atom is 0.243 e. The summed E-state index contributed by atoms with van der Waals surface area (Å²) in [6.45, 7) is 4.05. The average molecular weight is 456 g/mol. The van der Waals surface area contributed by atoms with E-state index < -0.39 is 10.0 Å². The van der Waals surface area contributed by atoms with Gasteiger partial charge in [0.1, 0.15) is 0 Å². The normalized spacial score (nSPS) is 18.0. The first-order chi connectivity index (χ1) is 15.2. The molecule has 2 amide bonds. The molecule has 2 aromatic rings. The minimum Gasteiger partial charge on any atom is -0.351 e. The predicted octanol–water partition coefficient (Wildman–Crippen LogP) is 2.62. The number of amides is 2. The van der Waals surface area contributed by atoms with Crippen LogP contribution in [0.25, 0.3) is 0 Å². The number of nitrogens with zero attached hydrogens (tertiary/aromatic N) is 2. The molecule has 0 bridgehead atoms. The number of carbonyl (C=O) groups excluding carboxylic acids is 2. The lowest BCUT2D eigenvalue weighted by Crippen LogP contribution is -2.38. The fourth-order valence-corrected chi connectivity index (χ4v) is 5.24. The third kappa shape index (κ3) is 4.56. The lowest BCUT2D eigenvalue weighted by atomic mass is 10.1. The molecule has 1 unspecified atom stereocenters. The summed E-state index contributed by atoms with van der Waals surface area (Å²) in [5.74, 6) is -0.127. The van der Waals surface area contributed by atoms with E-state index >= 15 is 0 Å². The molecular weight excluding hydrogens is 426 g/mol. The van der Waals surface area contributed by atoms with Crippen LogP contribution in [-0.4, -0.2) is 44.2 Å². The number of likely N-dealkylation sites (N-methyl/N-ethyl adjacent to an activating group) is 1. The van der Waals surface area contributed by atoms with Gasteiger partial charge in [-0.1, -0.05) is 29.8 Å². The summed E-state index contributed by atoms with van der Waals surface area (Å²) in [6.07, 6.45) is 2.49. The quantitative estimate of drug-likeness (QED) is 0.695. The Labute approximate surface area is 189 Å². The molecule has 1 aliphatic carbocycles. The summed E-state index contributed by atoms with van der Waals surface area (Å²) in [6, 6.07) is 12.7. The number of nitrogens with one attached hydrogen (secondary N) is 1. The van der Waals surface area contributed by atoms with Crippen LogP contribution in [0.2, 0.25) is 0 Å². The second-order valence-corrected chi connectivity index (χ2v) is 10.9. The van der Waals surface area contributed by atoms with Crippen molar-refractivity contribution in [3.8, 4) is 0 Å². The zero-order valence-electron chi connectivity index (χ0n) is 18.7. The largest absolute Gasteiger partial charge is 0.351 e. The van der Waals surface area contributed by atoms with Crippen molar-refractivity contribution in [2.24, 2.45) is 5.92 Å². The molecule has 0 spiro atoms. The van der Waals surface area contributed by atoms with Crippen LogP contribution in [0.4, 0.5) is 5.69 Å². The number of carbonyl (C=O) groups is 2. The minimum absolute atomic E-state index is 0.0151. The molecule has 2 aromatic carbocycles. The Bertz CT molecular complexity index is 1140. The zero-order chi connectivity index (χ0) is 23.0. The molecule has 0 radical (unpaired) electrons. The fraction of sp³-hybridized carbons (Fsp3) is 0.417. The average Bonchev–Trinajstić information content (AvgIpc) is 3.54. The molecular formula is C24H29N3O4S. The summed E-state index contributed by atoms with van der Waals surface area (Å²) < 4.78 is 27.2. The topological polar surface area (TPSA) is 86.8 Å². The monoisotopic (exact) mass is 455 g/mol. The van der Waals surface area contributed by atoms with Crippen LogP contribution in [0.1, 0.15) is 36.5 Å². The van der Waals surface area contributed by atoms with E-state index in [2.05, 4.69) is 5.32 Å². The van der Waals surface area contributed by atoms with E-state index in [1.54, 1.807) is 12.1 Å². The zero-order valence-corrected chi connectivity index (χ0v) is 19.5. The van der Waals surface area contributed by atoms with Crippen LogP contribution >= 0.6 is 0 Å². The van der Waals surface area contributed by atoms with Crippen molar-refractivity contribution in [1.82, 2.24) is 9.62 Å². The highest BCUT2D eigenvalue weighted by Gasteiger charge is 2.40. The number of benzene rings is 2. The van der Waals surface area contributed by atoms with Crippen LogP contribution in [0.3, 0.4) is 0 Å². The van der Waals surface area contributed by atoms with E-state index in [-0.39, 0.29) is 35.2 Å². The first-order valence-corrected chi connectivity index (χ1v) is 12.4. The van der Waals surface area contributed by atoms with Gasteiger partial charge in [-0.05, 0) is 62.4 Å². The molecule has 1 fully saturated rings. The van der Waals surface area contributed by atoms with Gasteiger partial charge in [-0.2, -0.15) is 4.31 Å². The van der Waals surface area contributed by atoms with Gasteiger partial charge < -0.3 is 10.2 Å². The Balaban J connectivity index is 1.42. The second kappa shape index (κ2) is 8.67. The van der Waals surface area contributed by atoms with E-state index in [0.717, 1.165) is 39.5 Å². The van der Waals surface area contributed by atoms with Crippen LogP contribution in [0.5, 0.6) is 0 Å². The van der Waals surface area contributed by atoms with Gasteiger partial charge in [-0.15, -0.1) is 0 Å². The molecule has 1 saturated carbocycles. The van der Waals surface area contributed by atoms with E-state index in [1.165, 1.54) is 13.1 Å². The van der Waals surface area contributed by atoms with E-state index in [1.807, 2.05) is 43.0 Å². The van der Waals surface area contributed by atoms with Gasteiger partial charge in [-0.3, -0.25) is 9.59 Å². The van der Waals surface area contributed by atoms with Crippen molar-refractivity contribution in [1.29, 1.82) is 0 Å². The summed E-state index contributed by atoms with van der Waals surface area (Å²) in [4.78, 5) is 26.9. The van der Waals surface area contributed by atoms with Crippen molar-refractivity contribution >= 4 is 27.5 Å². The molecule has 4 rings (SSSR count). The maximum atomic E-state index is 13.1. The molecule has 2 aliphatic rings. The molecule has 8 heteroatoms. The third-order valence-corrected chi connectivity index (χ3v) is 7.91. The predicted molar refractivity (Wildman–Crippen MR) is 123 cm³/mol. The Morgan fingerprint density at radius 2 is 1.81 bits per heavy atom. The van der Waals surface area contributed by atoms with Gasteiger partial charge in [0, 0.05) is 31.2 Å². The summed E-state index contributed by atoms with van der Waals surface area (Å²) in [5.41, 5.74) is 3.74. The molecule has 1 atom stereocenters. The highest BCUT2D eigenvalue weighted by atomic mass is 32.2. The lowest BCUT2D eigenvalue weighted by Gasteiger charge is -2.23. The van der Waals surface area contributed by atoms with E-state index in [0.29, 0.717) is 13.0 Å². The van der Waals surface area contributed by atoms with Crippen LogP contribution in [0.15, 0.2) is 47.4 Å². The Morgan fingerprint density at radius 3 is 2.47 bits per heavy atom. The van der Waals surface area contributed by atoms with Crippen molar-refractivity contribution in [2.75, 3.05) is 18.5 Å². The minimum atomic E-state index is -3.83. The highest BCUT2D eigenvalue weighted by molar-refractivity contribution is 7.89. The number of anilines is 1. The molecule has 0 saturated heterocycles.